The van der Waals surface area contributed by atoms with Crippen LogP contribution in [0.5, 0.6) is 11.5 Å². The Morgan fingerprint density at radius 3 is 1.73 bits per heavy atom. The third-order valence-electron chi connectivity index (χ3n) is 7.88. The molecule has 0 aliphatic carbocycles. The van der Waals surface area contributed by atoms with Gasteiger partial charge >= 0.3 is 16.2 Å². The summed E-state index contributed by atoms with van der Waals surface area (Å²) in [4.78, 5) is 43.5. The Hall–Kier alpha value is -5.40. The number of amides is 4. The number of anilines is 2. The van der Waals surface area contributed by atoms with E-state index in [0.717, 1.165) is 11.1 Å². The lowest BCUT2D eigenvalue weighted by atomic mass is 10.0. The minimum absolute atomic E-state index is 0.00349. The molecule has 0 aliphatic heterocycles. The Kier molecular flexibility index (Phi) is 12.4. The number of nitrogens with zero attached hydrogens (tertiary/aromatic N) is 2. The fraction of sp³-hybridized carbons (Fsp3) is 0.250. The zero-order chi connectivity index (χ0) is 35.6. The predicted octanol–water partition coefficient (Wildman–Crippen LogP) is 3.99. The molecule has 4 amide bonds. The number of likely N-dealkylation sites (N-methyl/N-ethyl adjacent to an activating group) is 2. The summed E-state index contributed by atoms with van der Waals surface area (Å²) in [6.45, 7) is 1.81. The predicted molar refractivity (Wildman–Crippen MR) is 189 cm³/mol. The molecule has 258 valence electrons. The molecular formula is C36H41N5O7S. The number of benzene rings is 4. The zero-order valence-corrected chi connectivity index (χ0v) is 28.9. The topological polar surface area (TPSA) is 146 Å². The Balaban J connectivity index is 1.54. The maximum Gasteiger partial charge on any atom is 0.330 e. The van der Waals surface area contributed by atoms with Crippen LogP contribution in [0.3, 0.4) is 0 Å². The number of ether oxygens (including phenoxy) is 2. The van der Waals surface area contributed by atoms with Crippen LogP contribution in [0.25, 0.3) is 0 Å². The Bertz CT molecular complexity index is 1840. The van der Waals surface area contributed by atoms with Gasteiger partial charge in [0.15, 0.2) is 0 Å². The van der Waals surface area contributed by atoms with E-state index in [1.807, 2.05) is 23.8 Å². The first-order valence-corrected chi connectivity index (χ1v) is 16.9. The van der Waals surface area contributed by atoms with Crippen molar-refractivity contribution in [2.45, 2.75) is 31.8 Å². The van der Waals surface area contributed by atoms with Gasteiger partial charge in [-0.15, -0.1) is 0 Å². The molecule has 1 unspecified atom stereocenters. The first-order chi connectivity index (χ1) is 23.4. The van der Waals surface area contributed by atoms with Crippen LogP contribution in [0.4, 0.5) is 16.2 Å². The van der Waals surface area contributed by atoms with Crippen molar-refractivity contribution in [3.63, 3.8) is 0 Å². The molecule has 0 saturated carbocycles. The number of rotatable bonds is 14. The molecule has 0 heterocycles. The van der Waals surface area contributed by atoms with E-state index in [2.05, 4.69) is 10.0 Å². The summed E-state index contributed by atoms with van der Waals surface area (Å²) in [7, 11) is 1.55. The molecular weight excluding hydrogens is 646 g/mol. The average Bonchev–Trinajstić information content (AvgIpc) is 3.10. The van der Waals surface area contributed by atoms with Crippen molar-refractivity contribution < 1.29 is 32.3 Å². The van der Waals surface area contributed by atoms with Gasteiger partial charge in [0.1, 0.15) is 23.6 Å². The van der Waals surface area contributed by atoms with E-state index in [9.17, 15) is 22.8 Å². The van der Waals surface area contributed by atoms with Crippen molar-refractivity contribution in [1.29, 1.82) is 0 Å². The van der Waals surface area contributed by atoms with Crippen LogP contribution < -0.4 is 34.0 Å². The lowest BCUT2D eigenvalue weighted by Gasteiger charge is -2.27. The highest BCUT2D eigenvalue weighted by Gasteiger charge is 2.31. The normalized spacial score (nSPS) is 12.3. The van der Waals surface area contributed by atoms with Crippen LogP contribution in [-0.2, 0) is 32.6 Å². The SMILES string of the molecule is COc1ccc(N(C)C(=O)C(Cc2ccccc2)NC(=O)NS(=O)(=O)N[C@@H](Cc2ccccc2)C(=O)N(C)c2ccc(OC)cc2C)cc1. The monoisotopic (exact) mass is 687 g/mol. The molecule has 4 aromatic carbocycles. The lowest BCUT2D eigenvalue weighted by Crippen LogP contribution is -2.57. The highest BCUT2D eigenvalue weighted by Crippen LogP contribution is 2.25. The highest BCUT2D eigenvalue weighted by molar-refractivity contribution is 7.88. The van der Waals surface area contributed by atoms with Crippen molar-refractivity contribution in [3.05, 3.63) is 120 Å². The van der Waals surface area contributed by atoms with Crippen LogP contribution in [0.2, 0.25) is 0 Å². The van der Waals surface area contributed by atoms with E-state index >= 15 is 0 Å². The highest BCUT2D eigenvalue weighted by atomic mass is 32.2. The summed E-state index contributed by atoms with van der Waals surface area (Å²) in [6, 6.07) is 26.3. The second kappa shape index (κ2) is 16.6. The van der Waals surface area contributed by atoms with Crippen LogP contribution in [0.1, 0.15) is 16.7 Å². The number of carbonyl (C=O) groups excluding carboxylic acids is 3. The summed E-state index contributed by atoms with van der Waals surface area (Å²) < 4.78 is 41.6. The molecule has 49 heavy (non-hydrogen) atoms. The van der Waals surface area contributed by atoms with Gasteiger partial charge in [-0.1, -0.05) is 60.7 Å². The zero-order valence-electron chi connectivity index (χ0n) is 28.0. The van der Waals surface area contributed by atoms with Crippen LogP contribution in [0.15, 0.2) is 103 Å². The molecule has 4 aromatic rings. The molecule has 13 heteroatoms. The fourth-order valence-electron chi connectivity index (χ4n) is 5.26. The quantitative estimate of drug-likeness (QED) is 0.182. The minimum atomic E-state index is -4.62. The fourth-order valence-corrected chi connectivity index (χ4v) is 6.18. The van der Waals surface area contributed by atoms with Gasteiger partial charge in [-0.05, 0) is 72.5 Å². The third-order valence-corrected chi connectivity index (χ3v) is 8.93. The van der Waals surface area contributed by atoms with Gasteiger partial charge in [0.25, 0.3) is 0 Å². The van der Waals surface area contributed by atoms with Gasteiger partial charge < -0.3 is 24.6 Å². The summed E-state index contributed by atoms with van der Waals surface area (Å²) >= 11 is 0. The number of urea groups is 1. The number of methoxy groups -OCH3 is 2. The largest absolute Gasteiger partial charge is 0.497 e. The molecule has 0 saturated heterocycles. The van der Waals surface area contributed by atoms with Crippen molar-refractivity contribution in [1.82, 2.24) is 14.8 Å². The first kappa shape index (κ1) is 36.4. The Morgan fingerprint density at radius 1 is 0.694 bits per heavy atom. The molecule has 0 fully saturated rings. The van der Waals surface area contributed by atoms with Gasteiger partial charge in [0, 0.05) is 31.9 Å². The third kappa shape index (κ3) is 10.0. The molecule has 2 atom stereocenters. The van der Waals surface area contributed by atoms with E-state index in [1.54, 1.807) is 105 Å². The van der Waals surface area contributed by atoms with E-state index in [0.29, 0.717) is 28.4 Å². The molecule has 3 N–H and O–H groups in total. The smallest absolute Gasteiger partial charge is 0.330 e. The van der Waals surface area contributed by atoms with Gasteiger partial charge in [-0.25, -0.2) is 9.52 Å². The molecule has 12 nitrogen and oxygen atoms in total. The summed E-state index contributed by atoms with van der Waals surface area (Å²) in [5, 5.41) is 2.52. The number of carbonyl (C=O) groups is 3. The van der Waals surface area contributed by atoms with Crippen molar-refractivity contribution in [2.75, 3.05) is 38.1 Å². The van der Waals surface area contributed by atoms with Crippen LogP contribution in [-0.4, -0.2) is 66.7 Å². The molecule has 0 spiro atoms. The number of hydrogen-bond acceptors (Lipinski definition) is 7. The lowest BCUT2D eigenvalue weighted by molar-refractivity contribution is -0.120. The molecule has 0 aromatic heterocycles. The summed E-state index contributed by atoms with van der Waals surface area (Å²) in [5.74, 6) is 0.178. The van der Waals surface area contributed by atoms with Crippen molar-refractivity contribution >= 4 is 39.4 Å². The second-order valence-electron chi connectivity index (χ2n) is 11.3. The van der Waals surface area contributed by atoms with E-state index in [4.69, 9.17) is 9.47 Å². The number of aryl methyl sites for hydroxylation is 1. The van der Waals surface area contributed by atoms with E-state index < -0.39 is 40.1 Å². The molecule has 0 aliphatic rings. The van der Waals surface area contributed by atoms with Crippen molar-refractivity contribution in [2.24, 2.45) is 0 Å². The minimum Gasteiger partial charge on any atom is -0.497 e. The maximum atomic E-state index is 13.8. The van der Waals surface area contributed by atoms with Gasteiger partial charge in [-0.2, -0.15) is 13.1 Å². The van der Waals surface area contributed by atoms with Crippen molar-refractivity contribution in [3.8, 4) is 11.5 Å². The standard InChI is InChI=1S/C36H41N5O7S/c1-25-22-30(48-5)20-21-33(25)41(3)35(43)32(24-27-14-10-7-11-15-27)38-49(45,46)39-36(44)37-31(23-26-12-8-6-9-13-26)34(42)40(2)28-16-18-29(47-4)19-17-28/h6-22,31-32,38H,23-24H2,1-5H3,(H2,37,39,44)/t31?,32-/m0/s1. The number of nitrogens with one attached hydrogen (secondary N) is 3. The van der Waals surface area contributed by atoms with E-state index in [1.165, 1.54) is 24.0 Å². The van der Waals surface area contributed by atoms with Gasteiger partial charge in [0.05, 0.1) is 14.2 Å². The average molecular weight is 688 g/mol. The summed E-state index contributed by atoms with van der Waals surface area (Å²) in [5.41, 5.74) is 3.28. The summed E-state index contributed by atoms with van der Waals surface area (Å²) in [6.07, 6.45) is 0.0890. The molecule has 0 radical (unpaired) electrons. The maximum absolute atomic E-state index is 13.8. The van der Waals surface area contributed by atoms with Crippen LogP contribution >= 0.6 is 0 Å². The first-order valence-electron chi connectivity index (χ1n) is 15.4. The molecule has 0 bridgehead atoms. The Morgan fingerprint density at radius 2 is 1.20 bits per heavy atom. The van der Waals surface area contributed by atoms with Gasteiger partial charge in [0.2, 0.25) is 11.8 Å². The van der Waals surface area contributed by atoms with Gasteiger partial charge in [-0.3, -0.25) is 9.59 Å². The molecule has 4 rings (SSSR count). The van der Waals surface area contributed by atoms with E-state index in [-0.39, 0.29) is 12.8 Å². The Labute approximate surface area is 287 Å². The second-order valence-corrected chi connectivity index (χ2v) is 12.8. The number of hydrogen-bond donors (Lipinski definition) is 3. The van der Waals surface area contributed by atoms with Crippen LogP contribution in [0, 0.1) is 6.92 Å².